The Balaban J connectivity index is 2.27. The second-order valence-corrected chi connectivity index (χ2v) is 8.74. The summed E-state index contributed by atoms with van der Waals surface area (Å²) >= 11 is 0. The summed E-state index contributed by atoms with van der Waals surface area (Å²) in [5, 5.41) is 14.2. The van der Waals surface area contributed by atoms with Gasteiger partial charge >= 0.3 is 7.60 Å². The molecule has 1 atom stereocenters. The van der Waals surface area contributed by atoms with Crippen LogP contribution < -0.4 is 10.1 Å². The molecule has 2 aromatic carbocycles. The van der Waals surface area contributed by atoms with E-state index in [9.17, 15) is 14.7 Å². The Morgan fingerprint density at radius 3 is 2.25 bits per heavy atom. The summed E-state index contributed by atoms with van der Waals surface area (Å²) in [4.78, 5) is 10.8. The number of nitro benzene ring substituents is 1. The topological polar surface area (TPSA) is 99.9 Å². The molecule has 0 aliphatic carbocycles. The number of hydrogen-bond donors (Lipinski definition) is 1. The van der Waals surface area contributed by atoms with Gasteiger partial charge in [0.1, 0.15) is 23.0 Å². The lowest BCUT2D eigenvalue weighted by Crippen LogP contribution is -2.18. The second-order valence-electron chi connectivity index (χ2n) is 6.16. The first-order valence-corrected chi connectivity index (χ1v) is 10.5. The molecule has 0 aromatic heterocycles. The van der Waals surface area contributed by atoms with Gasteiger partial charge in [-0.05, 0) is 37.1 Å². The number of ether oxygens (including phenoxy) is 1. The molecule has 28 heavy (non-hydrogen) atoms. The number of nitrogens with one attached hydrogen (secondary N) is 1. The molecule has 9 heteroatoms. The third-order valence-corrected chi connectivity index (χ3v) is 6.31. The lowest BCUT2D eigenvalue weighted by molar-refractivity contribution is -0.384. The Bertz CT molecular complexity index is 848. The van der Waals surface area contributed by atoms with Crippen LogP contribution in [0.5, 0.6) is 11.5 Å². The van der Waals surface area contributed by atoms with E-state index in [-0.39, 0.29) is 11.4 Å². The summed E-state index contributed by atoms with van der Waals surface area (Å²) in [5.74, 6) is 0.227. The Labute approximate surface area is 164 Å². The van der Waals surface area contributed by atoms with Crippen LogP contribution in [0, 0.1) is 10.1 Å². The highest BCUT2D eigenvalue weighted by atomic mass is 31.2. The van der Waals surface area contributed by atoms with Gasteiger partial charge in [0.2, 0.25) is 0 Å². The molecule has 1 unspecified atom stereocenters. The number of hydrogen-bond acceptors (Lipinski definition) is 7. The van der Waals surface area contributed by atoms with Gasteiger partial charge in [-0.2, -0.15) is 0 Å². The maximum absolute atomic E-state index is 12.5. The first-order valence-electron chi connectivity index (χ1n) is 8.86. The van der Waals surface area contributed by atoms with E-state index in [2.05, 4.69) is 12.2 Å². The van der Waals surface area contributed by atoms with Crippen LogP contribution in [0.25, 0.3) is 0 Å². The fraction of sp³-hybridized carbons (Fsp3) is 0.368. The van der Waals surface area contributed by atoms with Crippen molar-refractivity contribution in [3.05, 3.63) is 58.1 Å². The number of aryl methyl sites for hydroxylation is 1. The molecule has 152 valence electrons. The summed E-state index contributed by atoms with van der Waals surface area (Å²) in [6.45, 7) is 3.68. The molecule has 0 saturated carbocycles. The van der Waals surface area contributed by atoms with Crippen molar-refractivity contribution in [2.75, 3.05) is 19.5 Å². The van der Waals surface area contributed by atoms with Gasteiger partial charge in [-0.3, -0.25) is 14.7 Å². The van der Waals surface area contributed by atoms with Gasteiger partial charge in [-0.1, -0.05) is 25.5 Å². The Kier molecular flexibility index (Phi) is 7.57. The van der Waals surface area contributed by atoms with Gasteiger partial charge in [0.25, 0.3) is 5.69 Å². The van der Waals surface area contributed by atoms with E-state index >= 15 is 0 Å². The number of rotatable bonds is 10. The van der Waals surface area contributed by atoms with Crippen molar-refractivity contribution < 1.29 is 23.3 Å². The minimum Gasteiger partial charge on any atom is -0.457 e. The lowest BCUT2D eigenvalue weighted by Gasteiger charge is -2.22. The van der Waals surface area contributed by atoms with Crippen LogP contribution in [0.15, 0.2) is 42.5 Å². The molecule has 0 radical (unpaired) electrons. The molecular weight excluding hydrogens is 383 g/mol. The quantitative estimate of drug-likeness (QED) is 0.311. The lowest BCUT2D eigenvalue weighted by atomic mass is 10.1. The molecule has 0 spiro atoms. The normalized spacial score (nSPS) is 12.4. The van der Waals surface area contributed by atoms with Crippen molar-refractivity contribution in [1.29, 1.82) is 0 Å². The smallest absolute Gasteiger partial charge is 0.351 e. The minimum absolute atomic E-state index is 0.159. The van der Waals surface area contributed by atoms with Crippen LogP contribution in [0.4, 0.5) is 11.4 Å². The van der Waals surface area contributed by atoms with Crippen molar-refractivity contribution in [3.63, 3.8) is 0 Å². The van der Waals surface area contributed by atoms with Gasteiger partial charge < -0.3 is 19.1 Å². The molecule has 2 aromatic rings. The first kappa shape index (κ1) is 21.9. The molecule has 0 saturated heterocycles. The molecular formula is C19H25N2O6P. The Morgan fingerprint density at radius 2 is 1.71 bits per heavy atom. The number of anilines is 1. The van der Waals surface area contributed by atoms with Crippen molar-refractivity contribution in [3.8, 4) is 11.5 Å². The summed E-state index contributed by atoms with van der Waals surface area (Å²) < 4.78 is 28.2. The molecule has 0 aliphatic rings. The summed E-state index contributed by atoms with van der Waals surface area (Å²) in [6, 6.07) is 12.0. The highest BCUT2D eigenvalue weighted by Gasteiger charge is 2.31. The predicted octanol–water partition coefficient (Wildman–Crippen LogP) is 5.58. The zero-order valence-electron chi connectivity index (χ0n) is 16.4. The van der Waals surface area contributed by atoms with Crippen molar-refractivity contribution in [1.82, 2.24) is 0 Å². The highest BCUT2D eigenvalue weighted by molar-refractivity contribution is 7.54. The summed E-state index contributed by atoms with van der Waals surface area (Å²) in [7, 11) is -0.931. The van der Waals surface area contributed by atoms with E-state index in [1.165, 1.54) is 38.0 Å². The fourth-order valence-electron chi connectivity index (χ4n) is 2.70. The third-order valence-electron chi connectivity index (χ3n) is 4.21. The highest BCUT2D eigenvalue weighted by Crippen LogP contribution is 2.52. The summed E-state index contributed by atoms with van der Waals surface area (Å²) in [5.41, 5.74) is 1.20. The average molecular weight is 408 g/mol. The van der Waals surface area contributed by atoms with Gasteiger partial charge in [0, 0.05) is 26.4 Å². The van der Waals surface area contributed by atoms with E-state index in [0.29, 0.717) is 11.5 Å². The maximum Gasteiger partial charge on any atom is 0.351 e. The average Bonchev–Trinajstić information content (AvgIpc) is 2.69. The second kappa shape index (κ2) is 9.68. The van der Waals surface area contributed by atoms with Gasteiger partial charge in [0.05, 0.1) is 4.92 Å². The van der Waals surface area contributed by atoms with Crippen LogP contribution in [0.3, 0.4) is 0 Å². The van der Waals surface area contributed by atoms with Gasteiger partial charge in [-0.15, -0.1) is 0 Å². The molecule has 0 fully saturated rings. The number of nitro groups is 1. The molecule has 8 nitrogen and oxygen atoms in total. The Morgan fingerprint density at radius 1 is 1.11 bits per heavy atom. The largest absolute Gasteiger partial charge is 0.457 e. The standard InChI is InChI=1S/C19H25N2O6P/c1-5-6-15-7-9-16(10-8-15)27-17-11-12-19(21(22)23)18(13-17)20-14(2)28(24,25-3)26-4/h7-14,20H,5-6H2,1-4H3. The zero-order chi connectivity index (χ0) is 20.7. The van der Waals surface area contributed by atoms with Gasteiger partial charge in [0.15, 0.2) is 0 Å². The summed E-state index contributed by atoms with van der Waals surface area (Å²) in [6.07, 6.45) is 2.05. The molecule has 2 rings (SSSR count). The molecule has 0 aliphatic heterocycles. The van der Waals surface area contributed by atoms with E-state index in [0.717, 1.165) is 12.8 Å². The predicted molar refractivity (Wildman–Crippen MR) is 108 cm³/mol. The van der Waals surface area contributed by atoms with Crippen LogP contribution in [-0.4, -0.2) is 24.9 Å². The van der Waals surface area contributed by atoms with E-state index in [4.69, 9.17) is 13.8 Å². The van der Waals surface area contributed by atoms with Crippen LogP contribution in [0.1, 0.15) is 25.8 Å². The van der Waals surface area contributed by atoms with Gasteiger partial charge in [-0.25, -0.2) is 0 Å². The van der Waals surface area contributed by atoms with Crippen LogP contribution in [0.2, 0.25) is 0 Å². The SMILES string of the molecule is CCCc1ccc(Oc2ccc([N+](=O)[O-])c(NC(C)P(=O)(OC)OC)c2)cc1. The molecule has 0 bridgehead atoms. The number of benzene rings is 2. The fourth-order valence-corrected chi connectivity index (χ4v) is 3.78. The number of nitrogens with zero attached hydrogens (tertiary/aromatic N) is 1. The molecule has 0 amide bonds. The van der Waals surface area contributed by atoms with Crippen LogP contribution in [-0.2, 0) is 20.0 Å². The zero-order valence-corrected chi connectivity index (χ0v) is 17.3. The third kappa shape index (κ3) is 5.32. The van der Waals surface area contributed by atoms with Crippen molar-refractivity contribution in [2.24, 2.45) is 0 Å². The maximum atomic E-state index is 12.5. The van der Waals surface area contributed by atoms with E-state index < -0.39 is 18.3 Å². The minimum atomic E-state index is -3.46. The van der Waals surface area contributed by atoms with E-state index in [1.54, 1.807) is 6.92 Å². The van der Waals surface area contributed by atoms with Crippen LogP contribution >= 0.6 is 7.60 Å². The van der Waals surface area contributed by atoms with Crippen molar-refractivity contribution >= 4 is 19.0 Å². The molecule has 1 N–H and O–H groups in total. The first-order chi connectivity index (χ1) is 13.3. The van der Waals surface area contributed by atoms with Crippen molar-refractivity contribution in [2.45, 2.75) is 32.5 Å². The Hall–Kier alpha value is -2.41. The van der Waals surface area contributed by atoms with E-state index in [1.807, 2.05) is 24.3 Å². The monoisotopic (exact) mass is 408 g/mol. The molecule has 0 heterocycles.